The van der Waals surface area contributed by atoms with Gasteiger partial charge in [-0.2, -0.15) is 11.8 Å². The molecule has 0 radical (unpaired) electrons. The Kier molecular flexibility index (Phi) is 9.53. The van der Waals surface area contributed by atoms with E-state index >= 15 is 0 Å². The molecule has 1 aliphatic heterocycles. The molecule has 4 atom stereocenters. The normalized spacial score (nSPS) is 19.9. The molecule has 0 spiro atoms. The molecule has 0 aliphatic carbocycles. The number of carbonyl (C=O) groups excluding carboxylic acids is 3. The van der Waals surface area contributed by atoms with Crippen molar-refractivity contribution in [2.45, 2.75) is 50.4 Å². The molecular formula is C16H28N4O6S. The Labute approximate surface area is 162 Å². The van der Waals surface area contributed by atoms with Crippen LogP contribution in [0.15, 0.2) is 0 Å². The quantitative estimate of drug-likeness (QED) is 0.283. The smallest absolute Gasteiger partial charge is 0.322 e. The maximum absolute atomic E-state index is 12.7. The number of amides is 3. The zero-order valence-electron chi connectivity index (χ0n) is 15.5. The van der Waals surface area contributed by atoms with Gasteiger partial charge in [-0.05, 0) is 38.2 Å². The van der Waals surface area contributed by atoms with Gasteiger partial charge in [0.2, 0.25) is 17.7 Å². The fraction of sp³-hybridized carbons (Fsp3) is 0.750. The van der Waals surface area contributed by atoms with Gasteiger partial charge in [-0.25, -0.2) is 0 Å². The molecule has 1 rings (SSSR count). The number of nitrogens with two attached hydrogens (primary N) is 1. The van der Waals surface area contributed by atoms with E-state index in [1.807, 2.05) is 6.26 Å². The highest BCUT2D eigenvalue weighted by Crippen LogP contribution is 2.19. The van der Waals surface area contributed by atoms with Crippen molar-refractivity contribution in [3.8, 4) is 0 Å². The van der Waals surface area contributed by atoms with E-state index in [4.69, 9.17) is 10.8 Å². The third-order valence-corrected chi connectivity index (χ3v) is 4.94. The van der Waals surface area contributed by atoms with Gasteiger partial charge in [0.15, 0.2) is 0 Å². The molecule has 154 valence electrons. The van der Waals surface area contributed by atoms with Gasteiger partial charge in [0.25, 0.3) is 0 Å². The molecule has 6 N–H and O–H groups in total. The summed E-state index contributed by atoms with van der Waals surface area (Å²) in [5, 5.41) is 23.1. The van der Waals surface area contributed by atoms with Gasteiger partial charge in [-0.1, -0.05) is 0 Å². The molecule has 1 heterocycles. The standard InChI is InChI=1S/C16H28N4O6S/c1-9(21)13(17)16(26)20-6-3-4-11(20)15(25)19-10(5-7-27-2)14(24)18-8-12(22)23/h9-11,13,21H,3-8,17H2,1-2H3,(H,18,24)(H,19,25)(H,22,23). The molecule has 0 aromatic carbocycles. The van der Waals surface area contributed by atoms with Crippen LogP contribution in [0.2, 0.25) is 0 Å². The Balaban J connectivity index is 2.78. The Morgan fingerprint density at radius 2 is 2.00 bits per heavy atom. The van der Waals surface area contributed by atoms with Crippen molar-refractivity contribution in [2.24, 2.45) is 5.73 Å². The van der Waals surface area contributed by atoms with Crippen LogP contribution in [-0.4, -0.2) is 88.1 Å². The maximum Gasteiger partial charge on any atom is 0.322 e. The number of carbonyl (C=O) groups is 4. The molecule has 1 aliphatic rings. The number of hydrogen-bond donors (Lipinski definition) is 5. The fourth-order valence-electron chi connectivity index (χ4n) is 2.76. The van der Waals surface area contributed by atoms with E-state index in [2.05, 4.69) is 10.6 Å². The van der Waals surface area contributed by atoms with Gasteiger partial charge in [0.05, 0.1) is 6.10 Å². The van der Waals surface area contributed by atoms with Crippen LogP contribution in [0.1, 0.15) is 26.2 Å². The number of carboxylic acid groups (broad SMARTS) is 1. The molecule has 1 saturated heterocycles. The Bertz CT molecular complexity index is 559. The molecule has 10 nitrogen and oxygen atoms in total. The minimum Gasteiger partial charge on any atom is -0.480 e. The van der Waals surface area contributed by atoms with Gasteiger partial charge in [0, 0.05) is 6.54 Å². The summed E-state index contributed by atoms with van der Waals surface area (Å²) in [6, 6.07) is -2.79. The molecule has 0 saturated carbocycles. The number of likely N-dealkylation sites (tertiary alicyclic amines) is 1. The molecule has 3 amide bonds. The molecule has 1 fully saturated rings. The van der Waals surface area contributed by atoms with Crippen LogP contribution in [-0.2, 0) is 19.2 Å². The summed E-state index contributed by atoms with van der Waals surface area (Å²) in [5.74, 6) is -2.19. The minimum absolute atomic E-state index is 0.326. The molecular weight excluding hydrogens is 376 g/mol. The first kappa shape index (κ1) is 23.2. The van der Waals surface area contributed by atoms with Crippen LogP contribution in [0.3, 0.4) is 0 Å². The number of thioether (sulfide) groups is 1. The lowest BCUT2D eigenvalue weighted by Crippen LogP contribution is -2.57. The van der Waals surface area contributed by atoms with Gasteiger partial charge < -0.3 is 31.5 Å². The van der Waals surface area contributed by atoms with Gasteiger partial charge >= 0.3 is 5.97 Å². The van der Waals surface area contributed by atoms with E-state index in [1.54, 1.807) is 0 Å². The summed E-state index contributed by atoms with van der Waals surface area (Å²) in [6.07, 6.45) is 2.17. The number of aliphatic hydroxyl groups excluding tert-OH is 1. The SMILES string of the molecule is CSCCC(NC(=O)C1CCCN1C(=O)C(N)C(C)O)C(=O)NCC(=O)O. The monoisotopic (exact) mass is 404 g/mol. The third-order valence-electron chi connectivity index (χ3n) is 4.30. The number of aliphatic carboxylic acids is 1. The largest absolute Gasteiger partial charge is 0.480 e. The van der Waals surface area contributed by atoms with Crippen molar-refractivity contribution in [3.63, 3.8) is 0 Å². The topological polar surface area (TPSA) is 162 Å². The van der Waals surface area contributed by atoms with E-state index in [-0.39, 0.29) is 0 Å². The Hall–Kier alpha value is -1.85. The average Bonchev–Trinajstić information content (AvgIpc) is 3.11. The van der Waals surface area contributed by atoms with Gasteiger partial charge in [-0.3, -0.25) is 19.2 Å². The average molecular weight is 404 g/mol. The third kappa shape index (κ3) is 7.00. The Morgan fingerprint density at radius 3 is 2.56 bits per heavy atom. The van der Waals surface area contributed by atoms with Crippen molar-refractivity contribution >= 4 is 35.5 Å². The fourth-order valence-corrected chi connectivity index (χ4v) is 3.23. The predicted molar refractivity (Wildman–Crippen MR) is 100.0 cm³/mol. The lowest BCUT2D eigenvalue weighted by Gasteiger charge is -2.29. The van der Waals surface area contributed by atoms with Crippen molar-refractivity contribution in [1.29, 1.82) is 0 Å². The lowest BCUT2D eigenvalue weighted by molar-refractivity contribution is -0.142. The number of rotatable bonds is 10. The second-order valence-electron chi connectivity index (χ2n) is 6.41. The number of nitrogens with one attached hydrogen (secondary N) is 2. The first-order valence-electron chi connectivity index (χ1n) is 8.72. The highest BCUT2D eigenvalue weighted by atomic mass is 32.2. The summed E-state index contributed by atoms with van der Waals surface area (Å²) >= 11 is 1.49. The second-order valence-corrected chi connectivity index (χ2v) is 7.40. The number of aliphatic hydroxyl groups is 1. The first-order valence-corrected chi connectivity index (χ1v) is 10.1. The van der Waals surface area contributed by atoms with Crippen LogP contribution in [0.25, 0.3) is 0 Å². The lowest BCUT2D eigenvalue weighted by atomic mass is 10.1. The van der Waals surface area contributed by atoms with Crippen molar-refractivity contribution < 1.29 is 29.4 Å². The van der Waals surface area contributed by atoms with Crippen LogP contribution in [0.4, 0.5) is 0 Å². The van der Waals surface area contributed by atoms with Gasteiger partial charge in [-0.15, -0.1) is 0 Å². The molecule has 4 unspecified atom stereocenters. The van der Waals surface area contributed by atoms with Crippen molar-refractivity contribution in [2.75, 3.05) is 25.1 Å². The maximum atomic E-state index is 12.7. The highest BCUT2D eigenvalue weighted by Gasteiger charge is 2.38. The van der Waals surface area contributed by atoms with E-state index in [1.165, 1.54) is 23.6 Å². The highest BCUT2D eigenvalue weighted by molar-refractivity contribution is 7.98. The summed E-state index contributed by atoms with van der Waals surface area (Å²) in [6.45, 7) is 1.21. The van der Waals surface area contributed by atoms with Crippen LogP contribution < -0.4 is 16.4 Å². The number of nitrogens with zero attached hydrogens (tertiary/aromatic N) is 1. The Morgan fingerprint density at radius 1 is 1.33 bits per heavy atom. The summed E-state index contributed by atoms with van der Waals surface area (Å²) in [4.78, 5) is 49.2. The molecule has 0 aromatic heterocycles. The first-order chi connectivity index (χ1) is 12.7. The number of hydrogen-bond acceptors (Lipinski definition) is 7. The second kappa shape index (κ2) is 11.1. The summed E-state index contributed by atoms with van der Waals surface area (Å²) < 4.78 is 0. The van der Waals surface area contributed by atoms with Crippen molar-refractivity contribution in [3.05, 3.63) is 0 Å². The van der Waals surface area contributed by atoms with E-state index in [0.717, 1.165) is 0 Å². The molecule has 11 heteroatoms. The van der Waals surface area contributed by atoms with Gasteiger partial charge in [0.1, 0.15) is 24.7 Å². The summed E-state index contributed by atoms with van der Waals surface area (Å²) in [5.41, 5.74) is 5.69. The van der Waals surface area contributed by atoms with E-state index < -0.39 is 54.5 Å². The van der Waals surface area contributed by atoms with E-state index in [0.29, 0.717) is 31.6 Å². The molecule has 0 bridgehead atoms. The van der Waals surface area contributed by atoms with Crippen molar-refractivity contribution in [1.82, 2.24) is 15.5 Å². The zero-order chi connectivity index (χ0) is 20.6. The molecule has 0 aromatic rings. The van der Waals surface area contributed by atoms with Crippen LogP contribution >= 0.6 is 11.8 Å². The van der Waals surface area contributed by atoms with E-state index in [9.17, 15) is 24.3 Å². The number of carboxylic acids is 1. The zero-order valence-corrected chi connectivity index (χ0v) is 16.3. The predicted octanol–water partition coefficient (Wildman–Crippen LogP) is -1.88. The van der Waals surface area contributed by atoms with Crippen LogP contribution in [0, 0.1) is 0 Å². The minimum atomic E-state index is -1.18. The molecule has 27 heavy (non-hydrogen) atoms. The van der Waals surface area contributed by atoms with Crippen LogP contribution in [0.5, 0.6) is 0 Å². The summed E-state index contributed by atoms with van der Waals surface area (Å²) in [7, 11) is 0.